The molecule has 0 radical (unpaired) electrons. The molecule has 2 N–H and O–H groups in total. The Balaban J connectivity index is 2.26. The average Bonchev–Trinajstić information content (AvgIpc) is 2.28. The van der Waals surface area contributed by atoms with Gasteiger partial charge in [-0.25, -0.2) is 0 Å². The van der Waals surface area contributed by atoms with Crippen LogP contribution >= 0.6 is 0 Å². The average molecular weight is 199 g/mol. The molecular weight excluding hydrogens is 178 g/mol. The van der Waals surface area contributed by atoms with Crippen LogP contribution in [-0.2, 0) is 4.79 Å². The van der Waals surface area contributed by atoms with Gasteiger partial charge in [-0.15, -0.1) is 0 Å². The summed E-state index contributed by atoms with van der Waals surface area (Å²) >= 11 is 0. The highest BCUT2D eigenvalue weighted by Crippen LogP contribution is 2.01. The molecule has 1 amide bonds. The third kappa shape index (κ3) is 4.07. The number of hydrogen-bond donors (Lipinski definition) is 2. The van der Waals surface area contributed by atoms with E-state index in [1.807, 2.05) is 7.05 Å². The van der Waals surface area contributed by atoms with Gasteiger partial charge in [0.2, 0.25) is 5.91 Å². The fraction of sp³-hybridized carbons (Fsp3) is 0.900. The number of nitrogens with zero attached hydrogens (tertiary/aromatic N) is 1. The van der Waals surface area contributed by atoms with Gasteiger partial charge in [0.05, 0.1) is 0 Å². The lowest BCUT2D eigenvalue weighted by Gasteiger charge is -2.21. The van der Waals surface area contributed by atoms with Crippen LogP contribution in [0.4, 0.5) is 0 Å². The molecule has 0 bridgehead atoms. The standard InChI is InChI=1S/C10H21N3O/c1-9-8-13(6-3-5-11-2)7-4-10(14)12-9/h9,11H,3-8H2,1-2H3,(H,12,14). The molecule has 1 fully saturated rings. The Kier molecular flexibility index (Phi) is 4.90. The summed E-state index contributed by atoms with van der Waals surface area (Å²) in [5, 5.41) is 6.10. The molecule has 1 aliphatic rings. The molecule has 0 saturated carbocycles. The van der Waals surface area contributed by atoms with Gasteiger partial charge in [-0.2, -0.15) is 0 Å². The van der Waals surface area contributed by atoms with Crippen molar-refractivity contribution in [1.82, 2.24) is 15.5 Å². The second kappa shape index (κ2) is 5.98. The smallest absolute Gasteiger partial charge is 0.221 e. The normalized spacial score (nSPS) is 24.4. The maximum Gasteiger partial charge on any atom is 0.221 e. The molecule has 0 spiro atoms. The quantitative estimate of drug-likeness (QED) is 0.617. The highest BCUT2D eigenvalue weighted by Gasteiger charge is 2.17. The van der Waals surface area contributed by atoms with Crippen molar-refractivity contribution in [3.05, 3.63) is 0 Å². The van der Waals surface area contributed by atoms with Gasteiger partial charge in [0, 0.05) is 25.6 Å². The third-order valence-corrected chi connectivity index (χ3v) is 2.50. The van der Waals surface area contributed by atoms with Crippen molar-refractivity contribution < 1.29 is 4.79 Å². The predicted molar refractivity (Wildman–Crippen MR) is 57.2 cm³/mol. The van der Waals surface area contributed by atoms with Crippen molar-refractivity contribution in [3.8, 4) is 0 Å². The minimum atomic E-state index is 0.189. The predicted octanol–water partition coefficient (Wildman–Crippen LogP) is -0.194. The zero-order chi connectivity index (χ0) is 10.4. The summed E-state index contributed by atoms with van der Waals surface area (Å²) in [6.45, 7) is 6.08. The van der Waals surface area contributed by atoms with E-state index in [-0.39, 0.29) is 5.91 Å². The lowest BCUT2D eigenvalue weighted by Crippen LogP contribution is -2.37. The van der Waals surface area contributed by atoms with Crippen LogP contribution < -0.4 is 10.6 Å². The molecule has 0 aromatic rings. The Morgan fingerprint density at radius 2 is 2.43 bits per heavy atom. The van der Waals surface area contributed by atoms with Gasteiger partial charge < -0.3 is 15.5 Å². The molecule has 1 rings (SSSR count). The van der Waals surface area contributed by atoms with Crippen LogP contribution in [0.1, 0.15) is 19.8 Å². The zero-order valence-corrected chi connectivity index (χ0v) is 9.18. The Morgan fingerprint density at radius 1 is 1.64 bits per heavy atom. The lowest BCUT2D eigenvalue weighted by atomic mass is 10.3. The van der Waals surface area contributed by atoms with Crippen LogP contribution in [0.15, 0.2) is 0 Å². The van der Waals surface area contributed by atoms with Crippen molar-refractivity contribution in [2.24, 2.45) is 0 Å². The number of carbonyl (C=O) groups is 1. The van der Waals surface area contributed by atoms with E-state index in [9.17, 15) is 4.79 Å². The highest BCUT2D eigenvalue weighted by molar-refractivity contribution is 5.76. The molecule has 1 aliphatic heterocycles. The van der Waals surface area contributed by atoms with Crippen LogP contribution in [0.25, 0.3) is 0 Å². The first-order valence-electron chi connectivity index (χ1n) is 5.38. The summed E-state index contributed by atoms with van der Waals surface area (Å²) in [7, 11) is 1.97. The van der Waals surface area contributed by atoms with E-state index in [0.717, 1.165) is 32.6 Å². The van der Waals surface area contributed by atoms with Gasteiger partial charge in [-0.1, -0.05) is 0 Å². The van der Waals surface area contributed by atoms with Crippen LogP contribution in [0.3, 0.4) is 0 Å². The van der Waals surface area contributed by atoms with Gasteiger partial charge in [0.25, 0.3) is 0 Å². The van der Waals surface area contributed by atoms with Crippen LogP contribution in [0, 0.1) is 0 Å². The summed E-state index contributed by atoms with van der Waals surface area (Å²) in [6, 6.07) is 0.291. The molecule has 82 valence electrons. The second-order valence-corrected chi connectivity index (χ2v) is 3.98. The first-order valence-corrected chi connectivity index (χ1v) is 5.38. The lowest BCUT2D eigenvalue weighted by molar-refractivity contribution is -0.121. The van der Waals surface area contributed by atoms with E-state index in [2.05, 4.69) is 22.5 Å². The first-order chi connectivity index (χ1) is 6.72. The molecule has 14 heavy (non-hydrogen) atoms. The van der Waals surface area contributed by atoms with Crippen molar-refractivity contribution in [3.63, 3.8) is 0 Å². The number of hydrogen-bond acceptors (Lipinski definition) is 3. The van der Waals surface area contributed by atoms with Crippen LogP contribution in [0.2, 0.25) is 0 Å². The van der Waals surface area contributed by atoms with Crippen molar-refractivity contribution >= 4 is 5.91 Å². The molecular formula is C10H21N3O. The molecule has 4 nitrogen and oxygen atoms in total. The number of amides is 1. The van der Waals surface area contributed by atoms with E-state index >= 15 is 0 Å². The van der Waals surface area contributed by atoms with Crippen LogP contribution in [-0.4, -0.2) is 50.1 Å². The molecule has 1 saturated heterocycles. The Hall–Kier alpha value is -0.610. The van der Waals surface area contributed by atoms with Gasteiger partial charge in [-0.3, -0.25) is 4.79 Å². The molecule has 4 heteroatoms. The summed E-state index contributed by atoms with van der Waals surface area (Å²) < 4.78 is 0. The Morgan fingerprint density at radius 3 is 3.14 bits per heavy atom. The molecule has 0 aromatic carbocycles. The molecule has 0 aliphatic carbocycles. The van der Waals surface area contributed by atoms with E-state index in [4.69, 9.17) is 0 Å². The maximum atomic E-state index is 11.2. The van der Waals surface area contributed by atoms with Crippen molar-refractivity contribution in [1.29, 1.82) is 0 Å². The van der Waals surface area contributed by atoms with E-state index in [1.54, 1.807) is 0 Å². The number of carbonyl (C=O) groups excluding carboxylic acids is 1. The summed E-state index contributed by atoms with van der Waals surface area (Å²) in [5.41, 5.74) is 0. The molecule has 1 heterocycles. The summed E-state index contributed by atoms with van der Waals surface area (Å²) in [5.74, 6) is 0.189. The maximum absolute atomic E-state index is 11.2. The first kappa shape index (κ1) is 11.5. The highest BCUT2D eigenvalue weighted by atomic mass is 16.1. The van der Waals surface area contributed by atoms with E-state index in [0.29, 0.717) is 12.5 Å². The fourth-order valence-electron chi connectivity index (χ4n) is 1.81. The van der Waals surface area contributed by atoms with Gasteiger partial charge in [0.1, 0.15) is 0 Å². The SMILES string of the molecule is CNCCCN1CCC(=O)NC(C)C1. The van der Waals surface area contributed by atoms with E-state index < -0.39 is 0 Å². The monoisotopic (exact) mass is 199 g/mol. The second-order valence-electron chi connectivity index (χ2n) is 3.98. The van der Waals surface area contributed by atoms with Gasteiger partial charge in [-0.05, 0) is 33.5 Å². The fourth-order valence-corrected chi connectivity index (χ4v) is 1.81. The minimum Gasteiger partial charge on any atom is -0.352 e. The Labute approximate surface area is 86.0 Å². The van der Waals surface area contributed by atoms with Gasteiger partial charge >= 0.3 is 0 Å². The topological polar surface area (TPSA) is 44.4 Å². The molecule has 0 aromatic heterocycles. The van der Waals surface area contributed by atoms with E-state index in [1.165, 1.54) is 0 Å². The van der Waals surface area contributed by atoms with Crippen LogP contribution in [0.5, 0.6) is 0 Å². The van der Waals surface area contributed by atoms with Gasteiger partial charge in [0.15, 0.2) is 0 Å². The minimum absolute atomic E-state index is 0.189. The van der Waals surface area contributed by atoms with Crippen molar-refractivity contribution in [2.75, 3.05) is 33.2 Å². The summed E-state index contributed by atoms with van der Waals surface area (Å²) in [4.78, 5) is 13.6. The number of rotatable bonds is 4. The third-order valence-electron chi connectivity index (χ3n) is 2.50. The van der Waals surface area contributed by atoms with Crippen molar-refractivity contribution in [2.45, 2.75) is 25.8 Å². The Bertz CT molecular complexity index is 184. The zero-order valence-electron chi connectivity index (χ0n) is 9.18. The molecule has 1 atom stereocenters. The number of nitrogens with one attached hydrogen (secondary N) is 2. The largest absolute Gasteiger partial charge is 0.352 e. The summed E-state index contributed by atoms with van der Waals surface area (Å²) in [6.07, 6.45) is 1.79. The molecule has 1 unspecified atom stereocenters.